The average molecular weight is 240 g/mol. The third kappa shape index (κ3) is 1.99. The molecule has 2 aliphatic heterocycles. The monoisotopic (exact) mass is 239 g/mol. The van der Waals surface area contributed by atoms with Crippen molar-refractivity contribution in [1.82, 2.24) is 14.9 Å². The fourth-order valence-electron chi connectivity index (χ4n) is 1.77. The van der Waals surface area contributed by atoms with Crippen molar-refractivity contribution in [2.45, 2.75) is 11.9 Å². The molecule has 2 heterocycles. The smallest absolute Gasteiger partial charge is 0.267 e. The van der Waals surface area contributed by atoms with Gasteiger partial charge < -0.3 is 4.90 Å². The van der Waals surface area contributed by atoms with Crippen LogP contribution in [-0.2, 0) is 4.79 Å². The van der Waals surface area contributed by atoms with Crippen LogP contribution in [0.15, 0.2) is 12.4 Å². The SMILES string of the molecule is N#CCN1C=CN(N2C[CH]CC2)[C@H](Cl)C1=O. The molecule has 0 aromatic heterocycles. The van der Waals surface area contributed by atoms with Gasteiger partial charge in [-0.2, -0.15) is 5.26 Å². The summed E-state index contributed by atoms with van der Waals surface area (Å²) in [6.45, 7) is 1.72. The zero-order valence-electron chi connectivity index (χ0n) is 8.71. The maximum absolute atomic E-state index is 11.8. The lowest BCUT2D eigenvalue weighted by molar-refractivity contribution is -0.136. The number of amides is 1. The van der Waals surface area contributed by atoms with Crippen molar-refractivity contribution in [3.8, 4) is 6.07 Å². The minimum Gasteiger partial charge on any atom is -0.301 e. The van der Waals surface area contributed by atoms with Gasteiger partial charge in [-0.25, -0.2) is 5.01 Å². The van der Waals surface area contributed by atoms with Gasteiger partial charge in [0.1, 0.15) is 6.54 Å². The van der Waals surface area contributed by atoms with Crippen LogP contribution in [0, 0.1) is 17.8 Å². The molecular formula is C10H12ClN4O. The largest absolute Gasteiger partial charge is 0.301 e. The molecule has 6 heteroatoms. The van der Waals surface area contributed by atoms with E-state index >= 15 is 0 Å². The number of hydrogen-bond acceptors (Lipinski definition) is 4. The average Bonchev–Trinajstić information content (AvgIpc) is 2.79. The lowest BCUT2D eigenvalue weighted by atomic mass is 10.4. The molecule has 0 aromatic rings. The molecule has 16 heavy (non-hydrogen) atoms. The summed E-state index contributed by atoms with van der Waals surface area (Å²) < 4.78 is 0. The Balaban J connectivity index is 2.10. The van der Waals surface area contributed by atoms with Gasteiger partial charge in [0.25, 0.3) is 5.91 Å². The van der Waals surface area contributed by atoms with E-state index in [9.17, 15) is 4.79 Å². The minimum absolute atomic E-state index is 0.0402. The highest BCUT2D eigenvalue weighted by atomic mass is 35.5. The van der Waals surface area contributed by atoms with Gasteiger partial charge in [0.15, 0.2) is 5.50 Å². The summed E-state index contributed by atoms with van der Waals surface area (Å²) in [6.07, 6.45) is 6.49. The van der Waals surface area contributed by atoms with Crippen molar-refractivity contribution in [2.24, 2.45) is 0 Å². The molecule has 0 spiro atoms. The fourth-order valence-corrected chi connectivity index (χ4v) is 2.09. The van der Waals surface area contributed by atoms with Gasteiger partial charge in [-0.1, -0.05) is 11.6 Å². The van der Waals surface area contributed by atoms with Crippen LogP contribution in [0.25, 0.3) is 0 Å². The van der Waals surface area contributed by atoms with Crippen molar-refractivity contribution in [3.63, 3.8) is 0 Å². The second kappa shape index (κ2) is 4.73. The van der Waals surface area contributed by atoms with Crippen molar-refractivity contribution >= 4 is 17.5 Å². The van der Waals surface area contributed by atoms with E-state index in [-0.39, 0.29) is 12.5 Å². The number of hydrazine groups is 1. The number of halogens is 1. The van der Waals surface area contributed by atoms with Crippen LogP contribution in [0.3, 0.4) is 0 Å². The summed E-state index contributed by atoms with van der Waals surface area (Å²) >= 11 is 6.06. The van der Waals surface area contributed by atoms with Gasteiger partial charge in [-0.05, 0) is 12.8 Å². The number of nitriles is 1. The Hall–Kier alpha value is -1.25. The lowest BCUT2D eigenvalue weighted by Crippen LogP contribution is -2.51. The molecule has 1 amide bonds. The van der Waals surface area contributed by atoms with E-state index < -0.39 is 5.50 Å². The zero-order valence-corrected chi connectivity index (χ0v) is 9.47. The summed E-state index contributed by atoms with van der Waals surface area (Å²) in [4.78, 5) is 13.1. The van der Waals surface area contributed by atoms with E-state index in [1.807, 2.05) is 11.1 Å². The van der Waals surface area contributed by atoms with Crippen molar-refractivity contribution in [1.29, 1.82) is 5.26 Å². The second-order valence-corrected chi connectivity index (χ2v) is 4.04. The molecular weight excluding hydrogens is 228 g/mol. The molecule has 1 atom stereocenters. The summed E-state index contributed by atoms with van der Waals surface area (Å²) in [6, 6.07) is 1.93. The van der Waals surface area contributed by atoms with Gasteiger partial charge in [0, 0.05) is 25.5 Å². The third-order valence-corrected chi connectivity index (χ3v) is 3.00. The molecule has 0 saturated carbocycles. The summed E-state index contributed by atoms with van der Waals surface area (Å²) in [5.41, 5.74) is -0.746. The van der Waals surface area contributed by atoms with Crippen LogP contribution in [0.1, 0.15) is 6.42 Å². The van der Waals surface area contributed by atoms with Gasteiger partial charge in [-0.15, -0.1) is 0 Å². The maximum Gasteiger partial charge on any atom is 0.267 e. The third-order valence-electron chi connectivity index (χ3n) is 2.62. The zero-order chi connectivity index (χ0) is 11.5. The van der Waals surface area contributed by atoms with Gasteiger partial charge in [0.05, 0.1) is 6.07 Å². The van der Waals surface area contributed by atoms with E-state index in [1.54, 1.807) is 17.4 Å². The highest BCUT2D eigenvalue weighted by Crippen LogP contribution is 2.21. The van der Waals surface area contributed by atoms with E-state index in [0.717, 1.165) is 19.5 Å². The Labute approximate surface area is 99.4 Å². The first-order valence-corrected chi connectivity index (χ1v) is 5.52. The van der Waals surface area contributed by atoms with Crippen LogP contribution < -0.4 is 0 Å². The first kappa shape index (κ1) is 11.2. The van der Waals surface area contributed by atoms with Gasteiger partial charge in [-0.3, -0.25) is 9.80 Å². The molecule has 0 bridgehead atoms. The molecule has 5 nitrogen and oxygen atoms in total. The lowest BCUT2D eigenvalue weighted by Gasteiger charge is -2.38. The molecule has 85 valence electrons. The fraction of sp³-hybridized carbons (Fsp3) is 0.500. The van der Waals surface area contributed by atoms with Crippen LogP contribution in [0.4, 0.5) is 0 Å². The Morgan fingerprint density at radius 2 is 2.38 bits per heavy atom. The number of carbonyl (C=O) groups is 1. The first-order valence-electron chi connectivity index (χ1n) is 5.08. The molecule has 2 aliphatic rings. The Morgan fingerprint density at radius 1 is 1.56 bits per heavy atom. The highest BCUT2D eigenvalue weighted by molar-refractivity contribution is 6.30. The summed E-state index contributed by atoms with van der Waals surface area (Å²) in [5.74, 6) is -0.252. The van der Waals surface area contributed by atoms with Crippen LogP contribution in [-0.4, -0.2) is 46.0 Å². The van der Waals surface area contributed by atoms with Crippen molar-refractivity contribution < 1.29 is 4.79 Å². The predicted octanol–water partition coefficient (Wildman–Crippen LogP) is 0.515. The molecule has 1 fully saturated rings. The minimum atomic E-state index is -0.746. The number of carbonyl (C=O) groups excluding carboxylic acids is 1. The van der Waals surface area contributed by atoms with Gasteiger partial charge in [0.2, 0.25) is 0 Å². The highest BCUT2D eigenvalue weighted by Gasteiger charge is 2.33. The summed E-state index contributed by atoms with van der Waals surface area (Å²) in [5, 5.41) is 12.3. The van der Waals surface area contributed by atoms with Crippen molar-refractivity contribution in [3.05, 3.63) is 18.8 Å². The quantitative estimate of drug-likeness (QED) is 0.400. The van der Waals surface area contributed by atoms with Gasteiger partial charge >= 0.3 is 0 Å². The number of hydrogen-bond donors (Lipinski definition) is 0. The topological polar surface area (TPSA) is 50.6 Å². The number of alkyl halides is 1. The van der Waals surface area contributed by atoms with E-state index in [0.29, 0.717) is 0 Å². The Bertz CT molecular complexity index is 345. The van der Waals surface area contributed by atoms with Crippen LogP contribution in [0.2, 0.25) is 0 Å². The van der Waals surface area contributed by atoms with E-state index in [4.69, 9.17) is 16.9 Å². The molecule has 1 radical (unpaired) electrons. The van der Waals surface area contributed by atoms with E-state index in [1.165, 1.54) is 4.90 Å². The standard InChI is InChI=1S/C10H12ClN4O/c11-9-10(16)13(6-3-12)7-8-15(9)14-4-1-2-5-14/h1,7-9H,2,4-6H2/t9-/m0/s1. The molecule has 0 N–H and O–H groups in total. The number of nitrogens with zero attached hydrogens (tertiary/aromatic N) is 4. The normalized spacial score (nSPS) is 26.2. The molecule has 0 aromatic carbocycles. The molecule has 2 rings (SSSR count). The molecule has 0 unspecified atom stereocenters. The second-order valence-electron chi connectivity index (χ2n) is 3.63. The first-order chi connectivity index (χ1) is 7.74. The Kier molecular flexibility index (Phi) is 3.32. The molecule has 0 aliphatic carbocycles. The Morgan fingerprint density at radius 3 is 3.00 bits per heavy atom. The van der Waals surface area contributed by atoms with Crippen LogP contribution >= 0.6 is 11.6 Å². The van der Waals surface area contributed by atoms with Crippen LogP contribution in [0.5, 0.6) is 0 Å². The van der Waals surface area contributed by atoms with Crippen molar-refractivity contribution in [2.75, 3.05) is 19.6 Å². The maximum atomic E-state index is 11.8. The summed E-state index contributed by atoms with van der Waals surface area (Å²) in [7, 11) is 0. The van der Waals surface area contributed by atoms with E-state index in [2.05, 4.69) is 6.42 Å². The number of rotatable bonds is 2. The molecule has 1 saturated heterocycles. The predicted molar refractivity (Wildman–Crippen MR) is 58.4 cm³/mol.